The lowest BCUT2D eigenvalue weighted by atomic mass is 9.93. The highest BCUT2D eigenvalue weighted by Crippen LogP contribution is 2.26. The second-order valence-corrected chi connectivity index (χ2v) is 8.14. The number of nitrogens with zero attached hydrogens (tertiary/aromatic N) is 2. The number of hydrogen-bond acceptors (Lipinski definition) is 4. The minimum Gasteiger partial charge on any atom is -0.494 e. The fourth-order valence-corrected chi connectivity index (χ4v) is 4.28. The van der Waals surface area contributed by atoms with Crippen LogP contribution in [0.2, 0.25) is 0 Å². The predicted molar refractivity (Wildman–Crippen MR) is 121 cm³/mol. The predicted octanol–water partition coefficient (Wildman–Crippen LogP) is 5.01. The van der Waals surface area contributed by atoms with Crippen molar-refractivity contribution < 1.29 is 13.9 Å². The molecular formula is C25H28FN3O2. The van der Waals surface area contributed by atoms with Crippen molar-refractivity contribution in [2.24, 2.45) is 5.92 Å². The summed E-state index contributed by atoms with van der Waals surface area (Å²) in [5, 5.41) is 3.75. The van der Waals surface area contributed by atoms with Crippen molar-refractivity contribution in [2.45, 2.75) is 32.2 Å². The molecule has 0 bridgehead atoms. The number of carbonyl (C=O) groups is 1. The Hall–Kier alpha value is -2.99. The smallest absolute Gasteiger partial charge is 0.224 e. The van der Waals surface area contributed by atoms with Crippen LogP contribution >= 0.6 is 0 Å². The lowest BCUT2D eigenvalue weighted by Crippen LogP contribution is -2.35. The highest BCUT2D eigenvalue weighted by Gasteiger charge is 2.21. The van der Waals surface area contributed by atoms with Crippen LogP contribution in [-0.2, 0) is 11.3 Å². The molecule has 4 rings (SSSR count). The van der Waals surface area contributed by atoms with Gasteiger partial charge in [-0.1, -0.05) is 30.3 Å². The van der Waals surface area contributed by atoms with E-state index in [4.69, 9.17) is 9.72 Å². The minimum absolute atomic E-state index is 0.134. The summed E-state index contributed by atoms with van der Waals surface area (Å²) in [5.74, 6) is 0.705. The van der Waals surface area contributed by atoms with Crippen LogP contribution in [0.25, 0.3) is 10.9 Å². The van der Waals surface area contributed by atoms with E-state index in [0.717, 1.165) is 61.2 Å². The maximum Gasteiger partial charge on any atom is 0.224 e. The average Bonchev–Trinajstić information content (AvgIpc) is 2.79. The minimum atomic E-state index is -0.404. The molecule has 0 saturated carbocycles. The van der Waals surface area contributed by atoms with Crippen LogP contribution in [0.4, 0.5) is 10.1 Å². The first-order chi connectivity index (χ1) is 15.1. The molecule has 1 aromatic heterocycles. The molecule has 3 aromatic rings. The zero-order valence-corrected chi connectivity index (χ0v) is 17.8. The monoisotopic (exact) mass is 421 g/mol. The molecule has 6 heteroatoms. The third-order valence-corrected chi connectivity index (χ3v) is 5.88. The Morgan fingerprint density at radius 3 is 2.90 bits per heavy atom. The van der Waals surface area contributed by atoms with Crippen LogP contribution in [-0.4, -0.2) is 36.0 Å². The Labute approximate surface area is 182 Å². The molecule has 1 unspecified atom stereocenters. The zero-order valence-electron chi connectivity index (χ0n) is 17.8. The lowest BCUT2D eigenvalue weighted by Gasteiger charge is -2.32. The number of likely N-dealkylation sites (tertiary alicyclic amines) is 1. The van der Waals surface area contributed by atoms with Gasteiger partial charge in [0.15, 0.2) is 0 Å². The molecule has 1 saturated heterocycles. The van der Waals surface area contributed by atoms with Crippen molar-refractivity contribution >= 4 is 22.5 Å². The first-order valence-corrected chi connectivity index (χ1v) is 10.8. The van der Waals surface area contributed by atoms with Gasteiger partial charge in [-0.2, -0.15) is 0 Å². The van der Waals surface area contributed by atoms with E-state index in [9.17, 15) is 9.18 Å². The molecule has 5 nitrogen and oxygen atoms in total. The number of ether oxygens (including phenoxy) is 1. The molecule has 2 aromatic carbocycles. The summed E-state index contributed by atoms with van der Waals surface area (Å²) in [4.78, 5) is 19.5. The molecule has 162 valence electrons. The van der Waals surface area contributed by atoms with E-state index in [1.807, 2.05) is 18.2 Å². The quantitative estimate of drug-likeness (QED) is 0.582. The first kappa shape index (κ1) is 21.2. The number of para-hydroxylation sites is 2. The zero-order chi connectivity index (χ0) is 21.6. The van der Waals surface area contributed by atoms with Gasteiger partial charge in [0.1, 0.15) is 17.1 Å². The Morgan fingerprint density at radius 2 is 2.06 bits per heavy atom. The van der Waals surface area contributed by atoms with Crippen LogP contribution in [0.5, 0.6) is 5.75 Å². The standard InChI is InChI=1S/C25H28FN3O2/c1-31-23-10-4-7-19-12-13-20(27-25(19)23)17-29-15-5-6-18(16-29)11-14-24(30)28-22-9-3-2-8-21(22)26/h2-4,7-10,12-13,18H,5-6,11,14-17H2,1H3,(H,28,30). The largest absolute Gasteiger partial charge is 0.494 e. The number of hydrogen-bond donors (Lipinski definition) is 1. The number of rotatable bonds is 7. The van der Waals surface area contributed by atoms with Crippen molar-refractivity contribution in [3.63, 3.8) is 0 Å². The molecule has 2 heterocycles. The van der Waals surface area contributed by atoms with Crippen molar-refractivity contribution in [1.29, 1.82) is 0 Å². The molecule has 1 N–H and O–H groups in total. The number of nitrogens with one attached hydrogen (secondary N) is 1. The van der Waals surface area contributed by atoms with E-state index in [2.05, 4.69) is 22.3 Å². The van der Waals surface area contributed by atoms with Gasteiger partial charge in [-0.15, -0.1) is 0 Å². The van der Waals surface area contributed by atoms with Crippen LogP contribution in [0, 0.1) is 11.7 Å². The van der Waals surface area contributed by atoms with Gasteiger partial charge in [-0.25, -0.2) is 9.37 Å². The van der Waals surface area contributed by atoms with E-state index in [1.54, 1.807) is 25.3 Å². The average molecular weight is 422 g/mol. The molecule has 0 spiro atoms. The number of aromatic nitrogens is 1. The van der Waals surface area contributed by atoms with E-state index in [1.165, 1.54) is 6.07 Å². The summed E-state index contributed by atoms with van der Waals surface area (Å²) in [6, 6.07) is 16.4. The number of benzene rings is 2. The molecule has 1 amide bonds. The van der Waals surface area contributed by atoms with Gasteiger partial charge in [0.25, 0.3) is 0 Å². The molecule has 1 fully saturated rings. The summed E-state index contributed by atoms with van der Waals surface area (Å²) >= 11 is 0. The number of amides is 1. The van der Waals surface area contributed by atoms with Gasteiger partial charge in [-0.05, 0) is 56.0 Å². The summed E-state index contributed by atoms with van der Waals surface area (Å²) < 4.78 is 19.2. The number of halogens is 1. The molecule has 1 atom stereocenters. The van der Waals surface area contributed by atoms with E-state index in [0.29, 0.717) is 12.3 Å². The first-order valence-electron chi connectivity index (χ1n) is 10.8. The number of piperidine rings is 1. The SMILES string of the molecule is COc1cccc2ccc(CN3CCCC(CCC(=O)Nc4ccccc4F)C3)nc12. The number of anilines is 1. The molecule has 1 aliphatic heterocycles. The summed E-state index contributed by atoms with van der Waals surface area (Å²) in [6.45, 7) is 2.76. The fraction of sp³-hybridized carbons (Fsp3) is 0.360. The summed E-state index contributed by atoms with van der Waals surface area (Å²) in [6.07, 6.45) is 3.42. The van der Waals surface area contributed by atoms with Crippen LogP contribution in [0.3, 0.4) is 0 Å². The van der Waals surface area contributed by atoms with Crippen LogP contribution in [0.15, 0.2) is 54.6 Å². The van der Waals surface area contributed by atoms with Gasteiger partial charge >= 0.3 is 0 Å². The molecule has 0 aliphatic carbocycles. The van der Waals surface area contributed by atoms with Crippen LogP contribution < -0.4 is 10.1 Å². The second kappa shape index (κ2) is 9.88. The normalized spacial score (nSPS) is 16.9. The third kappa shape index (κ3) is 5.39. The van der Waals surface area contributed by atoms with Gasteiger partial charge in [0, 0.05) is 24.9 Å². The Balaban J connectivity index is 1.32. The summed E-state index contributed by atoms with van der Waals surface area (Å²) in [5.41, 5.74) is 2.16. The number of carbonyl (C=O) groups excluding carboxylic acids is 1. The van der Waals surface area contributed by atoms with Gasteiger partial charge in [0.05, 0.1) is 18.5 Å². The number of pyridine rings is 1. The van der Waals surface area contributed by atoms with E-state index < -0.39 is 5.82 Å². The molecule has 0 radical (unpaired) electrons. The van der Waals surface area contributed by atoms with Gasteiger partial charge in [-0.3, -0.25) is 9.69 Å². The fourth-order valence-electron chi connectivity index (χ4n) is 4.28. The number of fused-ring (bicyclic) bond motifs is 1. The maximum absolute atomic E-state index is 13.7. The van der Waals surface area contributed by atoms with Crippen molar-refractivity contribution in [2.75, 3.05) is 25.5 Å². The highest BCUT2D eigenvalue weighted by atomic mass is 19.1. The van der Waals surface area contributed by atoms with Crippen molar-refractivity contribution in [3.05, 3.63) is 66.1 Å². The Kier molecular flexibility index (Phi) is 6.77. The Morgan fingerprint density at radius 1 is 1.19 bits per heavy atom. The molecular weight excluding hydrogens is 393 g/mol. The Bertz CT molecular complexity index is 1060. The second-order valence-electron chi connectivity index (χ2n) is 8.14. The van der Waals surface area contributed by atoms with Crippen molar-refractivity contribution in [3.8, 4) is 5.75 Å². The topological polar surface area (TPSA) is 54.5 Å². The summed E-state index contributed by atoms with van der Waals surface area (Å²) in [7, 11) is 1.67. The van der Waals surface area contributed by atoms with Crippen LogP contribution in [0.1, 0.15) is 31.4 Å². The number of methoxy groups -OCH3 is 1. The highest BCUT2D eigenvalue weighted by molar-refractivity contribution is 5.90. The molecule has 31 heavy (non-hydrogen) atoms. The van der Waals surface area contributed by atoms with E-state index >= 15 is 0 Å². The lowest BCUT2D eigenvalue weighted by molar-refractivity contribution is -0.116. The van der Waals surface area contributed by atoms with Gasteiger partial charge in [0.2, 0.25) is 5.91 Å². The van der Waals surface area contributed by atoms with Gasteiger partial charge < -0.3 is 10.1 Å². The van der Waals surface area contributed by atoms with E-state index in [-0.39, 0.29) is 11.6 Å². The van der Waals surface area contributed by atoms with Crippen molar-refractivity contribution in [1.82, 2.24) is 9.88 Å². The maximum atomic E-state index is 13.7. The third-order valence-electron chi connectivity index (χ3n) is 5.88. The molecule has 1 aliphatic rings.